The fraction of sp³-hybridized carbons (Fsp3) is 0.875. The molecule has 4 N–H and O–H groups in total. The van der Waals surface area contributed by atoms with E-state index in [9.17, 15) is 9.59 Å². The van der Waals surface area contributed by atoms with Crippen molar-refractivity contribution in [1.82, 2.24) is 21.3 Å². The first-order chi connectivity index (χ1) is 12.2. The van der Waals surface area contributed by atoms with Crippen LogP contribution in [0, 0.1) is 0 Å². The first kappa shape index (κ1) is 23.9. The molecular weight excluding hydrogens is 352 g/mol. The summed E-state index contributed by atoms with van der Waals surface area (Å²) in [6.45, 7) is 5.74. The van der Waals surface area contributed by atoms with E-state index in [0.717, 1.165) is 64.3 Å². The second-order valence-corrected chi connectivity index (χ2v) is 8.56. The van der Waals surface area contributed by atoms with Gasteiger partial charge in [0.2, 0.25) is 0 Å². The van der Waals surface area contributed by atoms with Crippen LogP contribution >= 0.6 is 0 Å². The summed E-state index contributed by atoms with van der Waals surface area (Å²) in [6.07, 6.45) is 6.15. The SMILES string of the molecule is CCO[SiH2]CCCNC(=O)NCCCCCCNC(=O)NCCC[SiH3]. The number of carbonyl (C=O) groups is 2. The van der Waals surface area contributed by atoms with Gasteiger partial charge in [0.1, 0.15) is 0 Å². The molecule has 0 saturated carbocycles. The molecule has 0 aliphatic rings. The summed E-state index contributed by atoms with van der Waals surface area (Å²) in [7, 11) is 0.822. The number of unbranched alkanes of at least 4 members (excludes halogenated alkanes) is 3. The molecule has 0 aliphatic carbocycles. The van der Waals surface area contributed by atoms with Gasteiger partial charge < -0.3 is 25.7 Å². The van der Waals surface area contributed by atoms with Crippen molar-refractivity contribution in [3.63, 3.8) is 0 Å². The third-order valence-corrected chi connectivity index (χ3v) is 5.89. The van der Waals surface area contributed by atoms with E-state index < -0.39 is 0 Å². The van der Waals surface area contributed by atoms with Crippen molar-refractivity contribution >= 4 is 32.1 Å². The van der Waals surface area contributed by atoms with E-state index in [0.29, 0.717) is 13.1 Å². The van der Waals surface area contributed by atoms with Gasteiger partial charge in [0.15, 0.2) is 9.76 Å². The van der Waals surface area contributed by atoms with Gasteiger partial charge in [0.25, 0.3) is 0 Å². The van der Waals surface area contributed by atoms with E-state index in [1.165, 1.54) is 16.3 Å². The van der Waals surface area contributed by atoms with Crippen molar-refractivity contribution in [2.75, 3.05) is 32.8 Å². The predicted octanol–water partition coefficient (Wildman–Crippen LogP) is 0.248. The van der Waals surface area contributed by atoms with Gasteiger partial charge in [0.05, 0.1) is 0 Å². The number of amides is 4. The van der Waals surface area contributed by atoms with E-state index in [-0.39, 0.29) is 21.8 Å². The Morgan fingerprint density at radius 2 is 1.28 bits per heavy atom. The molecule has 9 heteroatoms. The van der Waals surface area contributed by atoms with E-state index in [1.807, 2.05) is 6.92 Å². The van der Waals surface area contributed by atoms with Crippen molar-refractivity contribution in [2.24, 2.45) is 0 Å². The van der Waals surface area contributed by atoms with Crippen LogP contribution < -0.4 is 21.3 Å². The number of hydrogen-bond acceptors (Lipinski definition) is 3. The number of urea groups is 2. The Bertz CT molecular complexity index is 337. The largest absolute Gasteiger partial charge is 0.424 e. The van der Waals surface area contributed by atoms with Crippen molar-refractivity contribution < 1.29 is 14.0 Å². The lowest BCUT2D eigenvalue weighted by Gasteiger charge is -2.08. The Morgan fingerprint density at radius 3 is 1.76 bits per heavy atom. The van der Waals surface area contributed by atoms with Gasteiger partial charge in [-0.25, -0.2) is 9.59 Å². The topological polar surface area (TPSA) is 91.5 Å². The Kier molecular flexibility index (Phi) is 18.4. The van der Waals surface area contributed by atoms with Crippen LogP contribution in [0.1, 0.15) is 45.4 Å². The molecule has 0 heterocycles. The molecule has 25 heavy (non-hydrogen) atoms. The first-order valence-corrected chi connectivity index (χ1v) is 12.8. The molecule has 0 fully saturated rings. The van der Waals surface area contributed by atoms with Crippen LogP contribution in [0.15, 0.2) is 0 Å². The average molecular weight is 391 g/mol. The van der Waals surface area contributed by atoms with Crippen molar-refractivity contribution in [3.05, 3.63) is 0 Å². The van der Waals surface area contributed by atoms with Crippen LogP contribution in [0.3, 0.4) is 0 Å². The summed E-state index contributed by atoms with van der Waals surface area (Å²) < 4.78 is 5.38. The molecule has 0 aromatic heterocycles. The molecule has 0 atom stereocenters. The fourth-order valence-corrected chi connectivity index (χ4v) is 3.49. The molecule has 0 saturated heterocycles. The van der Waals surface area contributed by atoms with Crippen molar-refractivity contribution in [2.45, 2.75) is 57.5 Å². The van der Waals surface area contributed by atoms with Crippen molar-refractivity contribution in [1.29, 1.82) is 0 Å². The number of hydrogen-bond donors (Lipinski definition) is 4. The smallest absolute Gasteiger partial charge is 0.314 e. The molecule has 0 aromatic rings. The van der Waals surface area contributed by atoms with Gasteiger partial charge in [-0.05, 0) is 38.7 Å². The van der Waals surface area contributed by atoms with Gasteiger partial charge >= 0.3 is 12.1 Å². The highest BCUT2D eigenvalue weighted by molar-refractivity contribution is 6.26. The number of rotatable bonds is 16. The average Bonchev–Trinajstić information content (AvgIpc) is 2.60. The summed E-state index contributed by atoms with van der Waals surface area (Å²) in [5.41, 5.74) is 0. The van der Waals surface area contributed by atoms with Crippen LogP contribution in [0.25, 0.3) is 0 Å². The third-order valence-electron chi connectivity index (χ3n) is 3.70. The van der Waals surface area contributed by atoms with Crippen molar-refractivity contribution in [3.8, 4) is 0 Å². The molecule has 0 aliphatic heterocycles. The fourth-order valence-electron chi connectivity index (χ4n) is 2.19. The molecule has 0 rings (SSSR count). The normalized spacial score (nSPS) is 10.9. The monoisotopic (exact) mass is 390 g/mol. The lowest BCUT2D eigenvalue weighted by molar-refractivity contribution is 0.239. The molecular formula is C16H38N4O3Si2. The van der Waals surface area contributed by atoms with Gasteiger partial charge in [-0.3, -0.25) is 0 Å². The zero-order valence-electron chi connectivity index (χ0n) is 16.1. The van der Waals surface area contributed by atoms with Crippen LogP contribution in [0.4, 0.5) is 9.59 Å². The zero-order chi connectivity index (χ0) is 18.6. The Hall–Kier alpha value is -1.07. The number of nitrogens with one attached hydrogen (secondary N) is 4. The molecule has 148 valence electrons. The Balaban J connectivity index is 3.24. The minimum Gasteiger partial charge on any atom is -0.424 e. The van der Waals surface area contributed by atoms with E-state index >= 15 is 0 Å². The second kappa shape index (κ2) is 19.3. The highest BCUT2D eigenvalue weighted by atomic mass is 28.2. The highest BCUT2D eigenvalue weighted by Crippen LogP contribution is 1.97. The van der Waals surface area contributed by atoms with Gasteiger partial charge in [-0.2, -0.15) is 0 Å². The summed E-state index contributed by atoms with van der Waals surface area (Å²) in [6, 6.07) is 2.20. The molecule has 0 bridgehead atoms. The third kappa shape index (κ3) is 19.1. The molecule has 4 amide bonds. The van der Waals surface area contributed by atoms with Crippen LogP contribution in [0.2, 0.25) is 12.1 Å². The molecule has 0 radical (unpaired) electrons. The van der Waals surface area contributed by atoms with Crippen LogP contribution in [0.5, 0.6) is 0 Å². The van der Waals surface area contributed by atoms with E-state index in [4.69, 9.17) is 4.43 Å². The highest BCUT2D eigenvalue weighted by Gasteiger charge is 2.00. The summed E-state index contributed by atoms with van der Waals surface area (Å²) in [5.74, 6) is 0. The lowest BCUT2D eigenvalue weighted by Crippen LogP contribution is -2.36. The standard InChI is InChI=1S/C16H38N4O3Si2/c1-2-23-25-14-8-12-20-16(22)18-10-6-4-3-5-9-17-15(21)19-11-7-13-24/h2-14,25H2,1,24H3,(H2,17,19,21)(H2,18,20,22). The second-order valence-electron chi connectivity index (χ2n) is 6.04. The first-order valence-electron chi connectivity index (χ1n) is 9.81. The molecule has 0 spiro atoms. The predicted molar refractivity (Wildman–Crippen MR) is 110 cm³/mol. The maximum atomic E-state index is 11.6. The van der Waals surface area contributed by atoms with E-state index in [1.54, 1.807) is 0 Å². The van der Waals surface area contributed by atoms with Gasteiger partial charge in [-0.15, -0.1) is 0 Å². The summed E-state index contributed by atoms with van der Waals surface area (Å²) >= 11 is 0. The number of carbonyl (C=O) groups excluding carboxylic acids is 2. The summed E-state index contributed by atoms with van der Waals surface area (Å²) in [4.78, 5) is 23.0. The minimum atomic E-state index is -0.375. The Labute approximate surface area is 158 Å². The summed E-state index contributed by atoms with van der Waals surface area (Å²) in [5, 5.41) is 11.5. The molecule has 7 nitrogen and oxygen atoms in total. The minimum absolute atomic E-state index is 0.0580. The van der Waals surface area contributed by atoms with Crippen LogP contribution in [-0.4, -0.2) is 64.9 Å². The van der Waals surface area contributed by atoms with Crippen LogP contribution in [-0.2, 0) is 4.43 Å². The molecule has 0 aromatic carbocycles. The van der Waals surface area contributed by atoms with E-state index in [2.05, 4.69) is 21.3 Å². The zero-order valence-corrected chi connectivity index (χ0v) is 19.5. The maximum absolute atomic E-state index is 11.6. The van der Waals surface area contributed by atoms with Gasteiger partial charge in [0, 0.05) is 43.0 Å². The Morgan fingerprint density at radius 1 is 0.800 bits per heavy atom. The van der Waals surface area contributed by atoms with Gasteiger partial charge in [-0.1, -0.05) is 18.9 Å². The molecule has 0 unspecified atom stereocenters. The lowest BCUT2D eigenvalue weighted by atomic mass is 10.2. The maximum Gasteiger partial charge on any atom is 0.314 e. The quantitative estimate of drug-likeness (QED) is 0.225.